The van der Waals surface area contributed by atoms with Crippen LogP contribution in [-0.2, 0) is 6.42 Å². The smallest absolute Gasteiger partial charge is 0.126 e. The number of halogens is 1. The van der Waals surface area contributed by atoms with Gasteiger partial charge in [-0.05, 0) is 12.1 Å². The normalized spacial score (nSPS) is 17.9. The molecular formula is C11H16FN3. The van der Waals surface area contributed by atoms with E-state index in [1.54, 1.807) is 0 Å². The molecule has 3 nitrogen and oxygen atoms in total. The highest BCUT2D eigenvalue weighted by Gasteiger charge is 2.09. The maximum atomic E-state index is 12.9. The van der Waals surface area contributed by atoms with Gasteiger partial charge in [0.15, 0.2) is 0 Å². The minimum Gasteiger partial charge on any atom is -0.314 e. The SMILES string of the molecule is Fc1ccnc(CCN2CCNCC2)c1. The van der Waals surface area contributed by atoms with Crippen molar-refractivity contribution in [3.63, 3.8) is 0 Å². The number of aromatic nitrogens is 1. The minimum absolute atomic E-state index is 0.194. The van der Waals surface area contributed by atoms with Crippen LogP contribution in [0, 0.1) is 5.82 Å². The summed E-state index contributed by atoms with van der Waals surface area (Å²) in [7, 11) is 0. The minimum atomic E-state index is -0.194. The Balaban J connectivity index is 1.81. The molecule has 4 heteroatoms. The van der Waals surface area contributed by atoms with Crippen molar-refractivity contribution in [2.24, 2.45) is 0 Å². The van der Waals surface area contributed by atoms with Crippen LogP contribution in [0.1, 0.15) is 5.69 Å². The summed E-state index contributed by atoms with van der Waals surface area (Å²) in [6.45, 7) is 5.23. The molecule has 82 valence electrons. The van der Waals surface area contributed by atoms with Crippen LogP contribution < -0.4 is 5.32 Å². The average molecular weight is 209 g/mol. The highest BCUT2D eigenvalue weighted by Crippen LogP contribution is 2.02. The molecule has 0 atom stereocenters. The third-order valence-corrected chi connectivity index (χ3v) is 2.67. The van der Waals surface area contributed by atoms with Gasteiger partial charge in [0.2, 0.25) is 0 Å². The summed E-state index contributed by atoms with van der Waals surface area (Å²) >= 11 is 0. The van der Waals surface area contributed by atoms with Gasteiger partial charge in [-0.15, -0.1) is 0 Å². The van der Waals surface area contributed by atoms with Crippen LogP contribution in [0.4, 0.5) is 4.39 Å². The molecule has 1 aromatic rings. The first-order valence-corrected chi connectivity index (χ1v) is 5.38. The second-order valence-corrected chi connectivity index (χ2v) is 3.81. The topological polar surface area (TPSA) is 28.2 Å². The van der Waals surface area contributed by atoms with E-state index in [0.717, 1.165) is 44.8 Å². The van der Waals surface area contributed by atoms with Crippen LogP contribution in [0.2, 0.25) is 0 Å². The summed E-state index contributed by atoms with van der Waals surface area (Å²) < 4.78 is 12.9. The van der Waals surface area contributed by atoms with Gasteiger partial charge in [0.25, 0.3) is 0 Å². The van der Waals surface area contributed by atoms with E-state index in [1.165, 1.54) is 18.3 Å². The lowest BCUT2D eigenvalue weighted by molar-refractivity contribution is 0.243. The fourth-order valence-electron chi connectivity index (χ4n) is 1.79. The Hall–Kier alpha value is -1.00. The Bertz CT molecular complexity index is 310. The summed E-state index contributed by atoms with van der Waals surface area (Å²) in [5.74, 6) is -0.194. The van der Waals surface area contributed by atoms with E-state index in [-0.39, 0.29) is 5.82 Å². The van der Waals surface area contributed by atoms with Crippen LogP contribution in [0.5, 0.6) is 0 Å². The lowest BCUT2D eigenvalue weighted by atomic mass is 10.2. The van der Waals surface area contributed by atoms with Crippen LogP contribution in [-0.4, -0.2) is 42.6 Å². The van der Waals surface area contributed by atoms with Crippen molar-refractivity contribution >= 4 is 0 Å². The third kappa shape index (κ3) is 3.25. The first kappa shape index (κ1) is 10.5. The summed E-state index contributed by atoms with van der Waals surface area (Å²) in [6, 6.07) is 2.90. The van der Waals surface area contributed by atoms with Gasteiger partial charge in [-0.25, -0.2) is 4.39 Å². The molecule has 1 aliphatic rings. The maximum Gasteiger partial charge on any atom is 0.126 e. The molecule has 1 aromatic heterocycles. The van der Waals surface area contributed by atoms with E-state index in [2.05, 4.69) is 15.2 Å². The largest absolute Gasteiger partial charge is 0.314 e. The third-order valence-electron chi connectivity index (χ3n) is 2.67. The molecule has 0 radical (unpaired) electrons. The fraction of sp³-hybridized carbons (Fsp3) is 0.545. The van der Waals surface area contributed by atoms with E-state index in [9.17, 15) is 4.39 Å². The van der Waals surface area contributed by atoms with Gasteiger partial charge in [0.05, 0.1) is 0 Å². The quantitative estimate of drug-likeness (QED) is 0.793. The second kappa shape index (κ2) is 5.19. The summed E-state index contributed by atoms with van der Waals surface area (Å²) in [4.78, 5) is 6.52. The van der Waals surface area contributed by atoms with E-state index in [0.29, 0.717) is 0 Å². The number of nitrogens with zero attached hydrogens (tertiary/aromatic N) is 2. The summed E-state index contributed by atoms with van der Waals surface area (Å²) in [5.41, 5.74) is 0.841. The Labute approximate surface area is 89.3 Å². The van der Waals surface area contributed by atoms with Crippen LogP contribution in [0.3, 0.4) is 0 Å². The van der Waals surface area contributed by atoms with E-state index < -0.39 is 0 Å². The molecular weight excluding hydrogens is 193 g/mol. The van der Waals surface area contributed by atoms with Crippen LogP contribution in [0.25, 0.3) is 0 Å². The Morgan fingerprint density at radius 1 is 1.40 bits per heavy atom. The molecule has 1 aliphatic heterocycles. The van der Waals surface area contributed by atoms with Crippen molar-refractivity contribution in [1.29, 1.82) is 0 Å². The molecule has 1 fully saturated rings. The maximum absolute atomic E-state index is 12.9. The zero-order valence-electron chi connectivity index (χ0n) is 8.75. The number of piperazine rings is 1. The molecule has 2 heterocycles. The highest BCUT2D eigenvalue weighted by molar-refractivity contribution is 5.06. The monoisotopic (exact) mass is 209 g/mol. The molecule has 1 N–H and O–H groups in total. The first-order valence-electron chi connectivity index (χ1n) is 5.38. The Morgan fingerprint density at radius 2 is 2.20 bits per heavy atom. The van der Waals surface area contributed by atoms with E-state index in [4.69, 9.17) is 0 Å². The number of rotatable bonds is 3. The lowest BCUT2D eigenvalue weighted by Crippen LogP contribution is -2.44. The molecule has 2 rings (SSSR count). The number of hydrogen-bond acceptors (Lipinski definition) is 3. The molecule has 0 aliphatic carbocycles. The molecule has 0 bridgehead atoms. The fourth-order valence-corrected chi connectivity index (χ4v) is 1.79. The van der Waals surface area contributed by atoms with Gasteiger partial charge < -0.3 is 10.2 Å². The van der Waals surface area contributed by atoms with Crippen LogP contribution in [0.15, 0.2) is 18.3 Å². The van der Waals surface area contributed by atoms with Crippen molar-refractivity contribution in [3.05, 3.63) is 29.8 Å². The second-order valence-electron chi connectivity index (χ2n) is 3.81. The van der Waals surface area contributed by atoms with E-state index >= 15 is 0 Å². The average Bonchev–Trinajstić information content (AvgIpc) is 2.28. The first-order chi connectivity index (χ1) is 7.34. The predicted molar refractivity (Wildman–Crippen MR) is 57.2 cm³/mol. The Morgan fingerprint density at radius 3 is 2.93 bits per heavy atom. The van der Waals surface area contributed by atoms with Gasteiger partial charge in [-0.2, -0.15) is 0 Å². The van der Waals surface area contributed by atoms with Gasteiger partial charge >= 0.3 is 0 Å². The predicted octanol–water partition coefficient (Wildman–Crippen LogP) is 0.668. The van der Waals surface area contributed by atoms with Crippen LogP contribution >= 0.6 is 0 Å². The molecule has 15 heavy (non-hydrogen) atoms. The van der Waals surface area contributed by atoms with Crippen molar-refractivity contribution in [3.8, 4) is 0 Å². The summed E-state index contributed by atoms with van der Waals surface area (Å²) in [5, 5.41) is 3.30. The number of nitrogens with one attached hydrogen (secondary N) is 1. The van der Waals surface area contributed by atoms with Gasteiger partial charge in [0, 0.05) is 51.0 Å². The molecule has 0 unspecified atom stereocenters. The van der Waals surface area contributed by atoms with Crippen molar-refractivity contribution in [1.82, 2.24) is 15.2 Å². The molecule has 0 aromatic carbocycles. The van der Waals surface area contributed by atoms with Gasteiger partial charge in [-0.3, -0.25) is 4.98 Å². The van der Waals surface area contributed by atoms with Crippen molar-refractivity contribution in [2.45, 2.75) is 6.42 Å². The molecule has 0 saturated carbocycles. The van der Waals surface area contributed by atoms with Gasteiger partial charge in [0.1, 0.15) is 5.82 Å². The lowest BCUT2D eigenvalue weighted by Gasteiger charge is -2.26. The number of pyridine rings is 1. The standard InChI is InChI=1S/C11H16FN3/c12-10-1-3-14-11(9-10)2-6-15-7-4-13-5-8-15/h1,3,9,13H,2,4-8H2. The number of hydrogen-bond donors (Lipinski definition) is 1. The summed E-state index contributed by atoms with van der Waals surface area (Å²) in [6.07, 6.45) is 2.36. The zero-order chi connectivity index (χ0) is 10.5. The van der Waals surface area contributed by atoms with Gasteiger partial charge in [-0.1, -0.05) is 0 Å². The molecule has 1 saturated heterocycles. The van der Waals surface area contributed by atoms with E-state index in [1.807, 2.05) is 0 Å². The zero-order valence-corrected chi connectivity index (χ0v) is 8.75. The highest BCUT2D eigenvalue weighted by atomic mass is 19.1. The molecule has 0 spiro atoms. The molecule has 0 amide bonds. The Kier molecular flexibility index (Phi) is 3.64. The van der Waals surface area contributed by atoms with Crippen molar-refractivity contribution in [2.75, 3.05) is 32.7 Å². The van der Waals surface area contributed by atoms with Crippen molar-refractivity contribution < 1.29 is 4.39 Å².